The maximum atomic E-state index is 5.29. The second-order valence-electron chi connectivity index (χ2n) is 3.75. The van der Waals surface area contributed by atoms with Crippen LogP contribution in [0.2, 0.25) is 0 Å². The first-order chi connectivity index (χ1) is 4.58. The highest BCUT2D eigenvalue weighted by molar-refractivity contribution is 4.57. The monoisotopic (exact) mass is 146 g/mol. The SMILES string of the molecule is C[N+](C)(C)CC1COCO1. The Morgan fingerprint density at radius 1 is 1.40 bits per heavy atom. The number of ether oxygens (including phenoxy) is 2. The summed E-state index contributed by atoms with van der Waals surface area (Å²) >= 11 is 0. The lowest BCUT2D eigenvalue weighted by Gasteiger charge is -2.25. The fourth-order valence-corrected chi connectivity index (χ4v) is 1.09. The van der Waals surface area contributed by atoms with Crippen molar-refractivity contribution in [2.24, 2.45) is 0 Å². The van der Waals surface area contributed by atoms with Gasteiger partial charge in [-0.1, -0.05) is 0 Å². The molecule has 1 fully saturated rings. The van der Waals surface area contributed by atoms with E-state index in [1.807, 2.05) is 0 Å². The smallest absolute Gasteiger partial charge is 0.147 e. The first-order valence-electron chi connectivity index (χ1n) is 3.58. The van der Waals surface area contributed by atoms with Gasteiger partial charge >= 0.3 is 0 Å². The van der Waals surface area contributed by atoms with Gasteiger partial charge in [0.15, 0.2) is 0 Å². The summed E-state index contributed by atoms with van der Waals surface area (Å²) in [7, 11) is 6.46. The van der Waals surface area contributed by atoms with Gasteiger partial charge in [-0.05, 0) is 0 Å². The van der Waals surface area contributed by atoms with Gasteiger partial charge in [-0.2, -0.15) is 0 Å². The molecule has 0 spiro atoms. The Balaban J connectivity index is 2.24. The van der Waals surface area contributed by atoms with Gasteiger partial charge in [-0.15, -0.1) is 0 Å². The van der Waals surface area contributed by atoms with E-state index >= 15 is 0 Å². The predicted molar refractivity (Wildman–Crippen MR) is 38.6 cm³/mol. The second kappa shape index (κ2) is 2.86. The predicted octanol–water partition coefficient (Wildman–Crippen LogP) is 0.0655. The van der Waals surface area contributed by atoms with Crippen molar-refractivity contribution in [1.29, 1.82) is 0 Å². The Morgan fingerprint density at radius 3 is 2.50 bits per heavy atom. The minimum absolute atomic E-state index is 0.306. The molecule has 1 heterocycles. The molecule has 10 heavy (non-hydrogen) atoms. The molecule has 1 atom stereocenters. The molecule has 0 saturated carbocycles. The number of hydrogen-bond donors (Lipinski definition) is 0. The molecule has 0 amide bonds. The summed E-state index contributed by atoms with van der Waals surface area (Å²) in [4.78, 5) is 0. The van der Waals surface area contributed by atoms with Gasteiger partial charge in [0.1, 0.15) is 19.4 Å². The third kappa shape index (κ3) is 2.64. The molecule has 0 aliphatic carbocycles. The van der Waals surface area contributed by atoms with Crippen LogP contribution in [0.1, 0.15) is 0 Å². The van der Waals surface area contributed by atoms with Crippen molar-refractivity contribution in [2.75, 3.05) is 41.1 Å². The lowest BCUT2D eigenvalue weighted by molar-refractivity contribution is -0.873. The van der Waals surface area contributed by atoms with Gasteiger partial charge in [0.05, 0.1) is 27.7 Å². The Hall–Kier alpha value is -0.120. The Morgan fingerprint density at radius 2 is 2.10 bits per heavy atom. The molecule has 60 valence electrons. The van der Waals surface area contributed by atoms with Crippen LogP contribution in [0.15, 0.2) is 0 Å². The van der Waals surface area contributed by atoms with E-state index in [0.717, 1.165) is 17.6 Å². The van der Waals surface area contributed by atoms with Crippen LogP contribution in [0.5, 0.6) is 0 Å². The number of quaternary nitrogens is 1. The number of likely N-dealkylation sites (N-methyl/N-ethyl adjacent to an activating group) is 1. The maximum Gasteiger partial charge on any atom is 0.147 e. The third-order valence-electron chi connectivity index (χ3n) is 1.44. The van der Waals surface area contributed by atoms with E-state index in [-0.39, 0.29) is 0 Å². The maximum absolute atomic E-state index is 5.29. The lowest BCUT2D eigenvalue weighted by atomic mass is 10.3. The first-order valence-corrected chi connectivity index (χ1v) is 3.58. The van der Waals surface area contributed by atoms with Gasteiger partial charge in [-0.25, -0.2) is 0 Å². The van der Waals surface area contributed by atoms with E-state index in [4.69, 9.17) is 9.47 Å². The van der Waals surface area contributed by atoms with Gasteiger partial charge in [-0.3, -0.25) is 0 Å². The topological polar surface area (TPSA) is 18.5 Å². The highest BCUT2D eigenvalue weighted by Crippen LogP contribution is 2.06. The van der Waals surface area contributed by atoms with Crippen molar-refractivity contribution in [3.63, 3.8) is 0 Å². The molecule has 1 aliphatic rings. The fourth-order valence-electron chi connectivity index (χ4n) is 1.09. The minimum atomic E-state index is 0.306. The average molecular weight is 146 g/mol. The molecule has 0 N–H and O–H groups in total. The second-order valence-corrected chi connectivity index (χ2v) is 3.75. The van der Waals surface area contributed by atoms with Gasteiger partial charge in [0, 0.05) is 0 Å². The molecule has 1 saturated heterocycles. The highest BCUT2D eigenvalue weighted by atomic mass is 16.7. The van der Waals surface area contributed by atoms with Crippen LogP contribution >= 0.6 is 0 Å². The van der Waals surface area contributed by atoms with Crippen LogP contribution in [-0.2, 0) is 9.47 Å². The quantitative estimate of drug-likeness (QED) is 0.513. The van der Waals surface area contributed by atoms with E-state index in [2.05, 4.69) is 21.1 Å². The molecule has 1 rings (SSSR count). The molecular formula is C7H16NO2+. The molecular weight excluding hydrogens is 130 g/mol. The van der Waals surface area contributed by atoms with E-state index in [1.165, 1.54) is 0 Å². The first kappa shape index (κ1) is 7.98. The Kier molecular flexibility index (Phi) is 2.28. The molecule has 1 unspecified atom stereocenters. The summed E-state index contributed by atoms with van der Waals surface area (Å²) in [6.45, 7) is 2.26. The summed E-state index contributed by atoms with van der Waals surface area (Å²) in [5.41, 5.74) is 0. The van der Waals surface area contributed by atoms with Crippen molar-refractivity contribution in [3.05, 3.63) is 0 Å². The summed E-state index contributed by atoms with van der Waals surface area (Å²) in [6.07, 6.45) is 0.306. The summed E-state index contributed by atoms with van der Waals surface area (Å²) in [6, 6.07) is 0. The van der Waals surface area contributed by atoms with Crippen LogP contribution in [0.3, 0.4) is 0 Å². The van der Waals surface area contributed by atoms with Crippen LogP contribution in [0.25, 0.3) is 0 Å². The largest absolute Gasteiger partial charge is 0.352 e. The zero-order chi connectivity index (χ0) is 7.61. The van der Waals surface area contributed by atoms with E-state index < -0.39 is 0 Å². The van der Waals surface area contributed by atoms with Crippen LogP contribution in [0, 0.1) is 0 Å². The van der Waals surface area contributed by atoms with Gasteiger partial charge < -0.3 is 14.0 Å². The minimum Gasteiger partial charge on any atom is -0.352 e. The molecule has 1 aliphatic heterocycles. The van der Waals surface area contributed by atoms with Crippen LogP contribution in [-0.4, -0.2) is 51.7 Å². The summed E-state index contributed by atoms with van der Waals surface area (Å²) in [5.74, 6) is 0. The van der Waals surface area contributed by atoms with Crippen LogP contribution < -0.4 is 0 Å². The van der Waals surface area contributed by atoms with Gasteiger partial charge in [0.25, 0.3) is 0 Å². The van der Waals surface area contributed by atoms with E-state index in [1.54, 1.807) is 0 Å². The molecule has 3 heteroatoms. The van der Waals surface area contributed by atoms with Crippen molar-refractivity contribution in [2.45, 2.75) is 6.10 Å². The van der Waals surface area contributed by atoms with Crippen LogP contribution in [0.4, 0.5) is 0 Å². The molecule has 0 bridgehead atoms. The standard InChI is InChI=1S/C7H16NO2/c1-8(2,3)4-7-5-9-6-10-7/h7H,4-6H2,1-3H3/q+1. The number of nitrogens with zero attached hydrogens (tertiary/aromatic N) is 1. The lowest BCUT2D eigenvalue weighted by Crippen LogP contribution is -2.42. The highest BCUT2D eigenvalue weighted by Gasteiger charge is 2.22. The van der Waals surface area contributed by atoms with Gasteiger partial charge in [0.2, 0.25) is 0 Å². The van der Waals surface area contributed by atoms with Crippen molar-refractivity contribution < 1.29 is 14.0 Å². The van der Waals surface area contributed by atoms with Crippen molar-refractivity contribution >= 4 is 0 Å². The molecule has 0 aromatic carbocycles. The number of rotatable bonds is 2. The number of hydrogen-bond acceptors (Lipinski definition) is 2. The van der Waals surface area contributed by atoms with Crippen molar-refractivity contribution in [1.82, 2.24) is 0 Å². The molecule has 0 aromatic rings. The van der Waals surface area contributed by atoms with Crippen molar-refractivity contribution in [3.8, 4) is 0 Å². The third-order valence-corrected chi connectivity index (χ3v) is 1.44. The molecule has 3 nitrogen and oxygen atoms in total. The normalized spacial score (nSPS) is 27.3. The zero-order valence-electron chi connectivity index (χ0n) is 6.96. The molecule has 0 aromatic heterocycles. The molecule has 0 radical (unpaired) electrons. The summed E-state index contributed by atoms with van der Waals surface area (Å²) < 4.78 is 11.3. The van der Waals surface area contributed by atoms with E-state index in [9.17, 15) is 0 Å². The average Bonchev–Trinajstić information content (AvgIpc) is 2.12. The van der Waals surface area contributed by atoms with E-state index in [0.29, 0.717) is 12.9 Å². The Bertz CT molecular complexity index is 103. The fraction of sp³-hybridized carbons (Fsp3) is 1.00. The Labute approximate surface area is 62.1 Å². The zero-order valence-corrected chi connectivity index (χ0v) is 6.96. The summed E-state index contributed by atoms with van der Waals surface area (Å²) in [5, 5.41) is 0.